The molecule has 0 saturated carbocycles. The molecule has 0 spiro atoms. The van der Waals surface area contributed by atoms with Crippen molar-refractivity contribution in [2.75, 3.05) is 0 Å². The van der Waals surface area contributed by atoms with Crippen LogP contribution in [0.3, 0.4) is 0 Å². The number of amides is 3. The van der Waals surface area contributed by atoms with Gasteiger partial charge in [0.1, 0.15) is 24.4 Å². The molecule has 0 bridgehead atoms. The number of carbonyl (C=O) groups is 4. The summed E-state index contributed by atoms with van der Waals surface area (Å²) in [5.74, 6) is -2.79. The number of hydrogen-bond acceptors (Lipinski definition) is 7. The first kappa shape index (κ1) is 19.0. The lowest BCUT2D eigenvalue weighted by atomic mass is 10.1. The highest BCUT2D eigenvalue weighted by molar-refractivity contribution is 5.92. The molecule has 10 nitrogen and oxygen atoms in total. The van der Waals surface area contributed by atoms with Gasteiger partial charge >= 0.3 is 0 Å². The fourth-order valence-corrected chi connectivity index (χ4v) is 1.25. The number of hydrogen-bond donors (Lipinski definition) is 6. The molecule has 0 aliphatic carbocycles. The van der Waals surface area contributed by atoms with E-state index in [4.69, 9.17) is 16.6 Å². The van der Waals surface area contributed by atoms with Crippen LogP contribution in [0.5, 0.6) is 0 Å². The molecule has 0 aromatic carbocycles. The highest BCUT2D eigenvalue weighted by Gasteiger charge is 2.28. The van der Waals surface area contributed by atoms with Gasteiger partial charge in [-0.3, -0.25) is 14.4 Å². The van der Waals surface area contributed by atoms with Gasteiger partial charge < -0.3 is 37.1 Å². The zero-order valence-electron chi connectivity index (χ0n) is 11.6. The quantitative estimate of drug-likeness (QED) is 0.245. The first-order valence-corrected chi connectivity index (χ1v) is 6.08. The lowest BCUT2D eigenvalue weighted by molar-refractivity contribution is -0.135. The smallest absolute Gasteiger partial charge is 0.248 e. The molecule has 21 heavy (non-hydrogen) atoms. The van der Waals surface area contributed by atoms with Crippen molar-refractivity contribution in [2.24, 2.45) is 11.5 Å². The first-order chi connectivity index (χ1) is 9.61. The summed E-state index contributed by atoms with van der Waals surface area (Å²) in [6.45, 7) is 2.60. The van der Waals surface area contributed by atoms with Crippen LogP contribution in [0, 0.1) is 0 Å². The first-order valence-electron chi connectivity index (χ1n) is 6.08. The summed E-state index contributed by atoms with van der Waals surface area (Å²) >= 11 is 0. The molecule has 0 aliphatic rings. The Morgan fingerprint density at radius 2 is 1.62 bits per heavy atom. The number of aliphatic hydroxyl groups excluding tert-OH is 2. The molecule has 5 atom stereocenters. The van der Waals surface area contributed by atoms with Crippen LogP contribution in [0.25, 0.3) is 0 Å². The molecular formula is C11H20N4O6. The van der Waals surface area contributed by atoms with Gasteiger partial charge in [0.15, 0.2) is 6.10 Å². The Hall–Kier alpha value is -2.04. The minimum absolute atomic E-state index is 0.142. The van der Waals surface area contributed by atoms with E-state index < -0.39 is 48.1 Å². The molecule has 0 aromatic rings. The van der Waals surface area contributed by atoms with Gasteiger partial charge in [-0.1, -0.05) is 0 Å². The molecule has 0 saturated heterocycles. The minimum Gasteiger partial charge on any atom is -0.391 e. The van der Waals surface area contributed by atoms with E-state index in [1.807, 2.05) is 5.32 Å². The number of aliphatic hydroxyl groups is 2. The topological polar surface area (TPSA) is 185 Å². The normalized spacial score (nSPS) is 17.8. The zero-order chi connectivity index (χ0) is 16.7. The van der Waals surface area contributed by atoms with Crippen molar-refractivity contribution in [3.05, 3.63) is 0 Å². The maximum Gasteiger partial charge on any atom is 0.248 e. The van der Waals surface area contributed by atoms with Crippen LogP contribution in [0.15, 0.2) is 0 Å². The van der Waals surface area contributed by atoms with Crippen LogP contribution in [-0.2, 0) is 19.2 Å². The van der Waals surface area contributed by atoms with Gasteiger partial charge in [-0.05, 0) is 13.8 Å². The number of rotatable bonds is 8. The fourth-order valence-electron chi connectivity index (χ4n) is 1.25. The molecular weight excluding hydrogens is 284 g/mol. The van der Waals surface area contributed by atoms with Crippen molar-refractivity contribution < 1.29 is 29.4 Å². The molecule has 0 heterocycles. The highest BCUT2D eigenvalue weighted by atomic mass is 16.3. The third-order valence-corrected chi connectivity index (χ3v) is 2.66. The van der Waals surface area contributed by atoms with Crippen LogP contribution >= 0.6 is 0 Å². The Labute approximate surface area is 120 Å². The third-order valence-electron chi connectivity index (χ3n) is 2.66. The monoisotopic (exact) mass is 304 g/mol. The number of nitrogens with one attached hydrogen (secondary N) is 2. The summed E-state index contributed by atoms with van der Waals surface area (Å²) in [5.41, 5.74) is 10.2. The largest absolute Gasteiger partial charge is 0.391 e. The van der Waals surface area contributed by atoms with E-state index in [2.05, 4.69) is 5.32 Å². The van der Waals surface area contributed by atoms with E-state index in [-0.39, 0.29) is 6.29 Å². The molecule has 0 fully saturated rings. The summed E-state index contributed by atoms with van der Waals surface area (Å²) in [4.78, 5) is 44.7. The predicted molar refractivity (Wildman–Crippen MR) is 70.5 cm³/mol. The average molecular weight is 304 g/mol. The minimum atomic E-state index is -1.88. The standard InChI is InChI=1S/C11H20N4O6/c1-4(14-11(21)7(12)5(2)17)10(20)15-6(3-16)8(18)9(13)19/h3-8,17-18H,12H2,1-2H3,(H2,13,19)(H,14,21)(H,15,20)/t4-,5+,6-,7+,8+/m1/s1. The maximum absolute atomic E-state index is 11.7. The van der Waals surface area contributed by atoms with Gasteiger partial charge in [0, 0.05) is 0 Å². The van der Waals surface area contributed by atoms with Gasteiger partial charge in [0.25, 0.3) is 0 Å². The Kier molecular flexibility index (Phi) is 7.49. The zero-order valence-corrected chi connectivity index (χ0v) is 11.6. The second kappa shape index (κ2) is 8.29. The van der Waals surface area contributed by atoms with Crippen molar-refractivity contribution in [1.82, 2.24) is 10.6 Å². The molecule has 0 radical (unpaired) electrons. The third kappa shape index (κ3) is 5.85. The molecule has 0 aromatic heterocycles. The van der Waals surface area contributed by atoms with Crippen molar-refractivity contribution in [3.8, 4) is 0 Å². The van der Waals surface area contributed by atoms with E-state index in [1.54, 1.807) is 0 Å². The molecule has 0 aliphatic heterocycles. The SMILES string of the molecule is C[C@H](O)[C@H](N)C(=O)N[C@H](C)C(=O)N[C@H](C=O)[C@H](O)C(N)=O. The van der Waals surface area contributed by atoms with Crippen molar-refractivity contribution in [3.63, 3.8) is 0 Å². The summed E-state index contributed by atoms with van der Waals surface area (Å²) in [6, 6.07) is -3.86. The summed E-state index contributed by atoms with van der Waals surface area (Å²) < 4.78 is 0. The Balaban J connectivity index is 4.61. The van der Waals surface area contributed by atoms with E-state index in [9.17, 15) is 24.3 Å². The molecule has 10 heteroatoms. The van der Waals surface area contributed by atoms with Gasteiger partial charge in [-0.15, -0.1) is 0 Å². The van der Waals surface area contributed by atoms with E-state index in [0.717, 1.165) is 0 Å². The van der Waals surface area contributed by atoms with Crippen LogP contribution < -0.4 is 22.1 Å². The highest BCUT2D eigenvalue weighted by Crippen LogP contribution is 1.94. The van der Waals surface area contributed by atoms with Gasteiger partial charge in [-0.2, -0.15) is 0 Å². The number of nitrogens with two attached hydrogens (primary N) is 2. The van der Waals surface area contributed by atoms with Crippen molar-refractivity contribution >= 4 is 24.0 Å². The number of aldehydes is 1. The molecule has 0 rings (SSSR count). The van der Waals surface area contributed by atoms with Crippen molar-refractivity contribution in [1.29, 1.82) is 0 Å². The van der Waals surface area contributed by atoms with Crippen LogP contribution in [-0.4, -0.2) is 64.6 Å². The van der Waals surface area contributed by atoms with Crippen LogP contribution in [0.2, 0.25) is 0 Å². The van der Waals surface area contributed by atoms with Crippen LogP contribution in [0.4, 0.5) is 0 Å². The van der Waals surface area contributed by atoms with Gasteiger partial charge in [-0.25, -0.2) is 0 Å². The van der Waals surface area contributed by atoms with Crippen molar-refractivity contribution in [2.45, 2.75) is 44.2 Å². The number of carbonyl (C=O) groups excluding carboxylic acids is 4. The number of primary amides is 1. The summed E-state index contributed by atoms with van der Waals surface area (Å²) in [6.07, 6.45) is -2.85. The second-order valence-electron chi connectivity index (χ2n) is 4.51. The Morgan fingerprint density at radius 3 is 2.00 bits per heavy atom. The fraction of sp³-hybridized carbons (Fsp3) is 0.636. The Morgan fingerprint density at radius 1 is 1.10 bits per heavy atom. The van der Waals surface area contributed by atoms with E-state index in [1.165, 1.54) is 13.8 Å². The molecule has 3 amide bonds. The maximum atomic E-state index is 11.7. The summed E-state index contributed by atoms with van der Waals surface area (Å²) in [5, 5.41) is 22.7. The van der Waals surface area contributed by atoms with E-state index in [0.29, 0.717) is 0 Å². The second-order valence-corrected chi connectivity index (χ2v) is 4.51. The lowest BCUT2D eigenvalue weighted by Crippen LogP contribution is -2.57. The molecule has 0 unspecified atom stereocenters. The molecule has 120 valence electrons. The average Bonchev–Trinajstić information content (AvgIpc) is 2.42. The summed E-state index contributed by atoms with van der Waals surface area (Å²) in [7, 11) is 0. The van der Waals surface area contributed by atoms with Gasteiger partial charge in [0.05, 0.1) is 6.10 Å². The molecule has 8 N–H and O–H groups in total. The van der Waals surface area contributed by atoms with E-state index >= 15 is 0 Å². The lowest BCUT2D eigenvalue weighted by Gasteiger charge is -2.21. The van der Waals surface area contributed by atoms with Crippen LogP contribution in [0.1, 0.15) is 13.8 Å². The Bertz CT molecular complexity index is 414. The van der Waals surface area contributed by atoms with Gasteiger partial charge in [0.2, 0.25) is 17.7 Å². The predicted octanol–water partition coefficient (Wildman–Crippen LogP) is -4.27.